The van der Waals surface area contributed by atoms with Crippen LogP contribution in [0.4, 0.5) is 5.69 Å². The molecule has 1 aromatic carbocycles. The SMILES string of the molecule is CO[C@H]1COC(CCOC(O)c2ccc(NC(=O)CNC(=O)C3(C(=O)NCCCCCN4C(=O)C=CC4=O)CCC3)cc2)CO1. The first-order chi connectivity index (χ1) is 21.7. The van der Waals surface area contributed by atoms with E-state index in [9.17, 15) is 29.1 Å². The normalized spacial score (nSPS) is 21.2. The molecule has 1 aromatic rings. The average molecular weight is 631 g/mol. The fraction of sp³-hybridized carbons (Fsp3) is 0.581. The van der Waals surface area contributed by atoms with E-state index in [-0.39, 0.29) is 43.3 Å². The topological polar surface area (TPSA) is 182 Å². The summed E-state index contributed by atoms with van der Waals surface area (Å²) in [6.45, 7) is 1.37. The molecule has 0 aromatic heterocycles. The number of carbonyl (C=O) groups excluding carboxylic acids is 5. The Morgan fingerprint density at radius 3 is 2.33 bits per heavy atom. The molecule has 2 fully saturated rings. The number of unbranched alkanes of at least 4 members (excludes halogenated alkanes) is 2. The highest BCUT2D eigenvalue weighted by atomic mass is 16.7. The van der Waals surface area contributed by atoms with Gasteiger partial charge in [0.2, 0.25) is 17.7 Å². The Bertz CT molecular complexity index is 1210. The molecule has 3 atom stereocenters. The molecule has 0 bridgehead atoms. The van der Waals surface area contributed by atoms with Gasteiger partial charge in [-0.05, 0) is 50.7 Å². The predicted molar refractivity (Wildman–Crippen MR) is 159 cm³/mol. The van der Waals surface area contributed by atoms with Crippen LogP contribution < -0.4 is 16.0 Å². The van der Waals surface area contributed by atoms with Crippen LogP contribution in [0.25, 0.3) is 0 Å². The van der Waals surface area contributed by atoms with Crippen molar-refractivity contribution in [2.24, 2.45) is 5.41 Å². The fourth-order valence-electron chi connectivity index (χ4n) is 5.18. The lowest BCUT2D eigenvalue weighted by molar-refractivity contribution is -0.228. The van der Waals surface area contributed by atoms with E-state index in [1.165, 1.54) is 17.1 Å². The van der Waals surface area contributed by atoms with Crippen molar-refractivity contribution in [3.63, 3.8) is 0 Å². The summed E-state index contributed by atoms with van der Waals surface area (Å²) in [4.78, 5) is 62.7. The molecule has 4 N–H and O–H groups in total. The van der Waals surface area contributed by atoms with Crippen LogP contribution in [0.5, 0.6) is 0 Å². The van der Waals surface area contributed by atoms with Gasteiger partial charge in [-0.25, -0.2) is 0 Å². The monoisotopic (exact) mass is 630 g/mol. The van der Waals surface area contributed by atoms with E-state index in [4.69, 9.17) is 18.9 Å². The second kappa shape index (κ2) is 16.6. The summed E-state index contributed by atoms with van der Waals surface area (Å²) >= 11 is 0. The number of methoxy groups -OCH3 is 1. The number of hydrogen-bond donors (Lipinski definition) is 4. The van der Waals surface area contributed by atoms with E-state index < -0.39 is 23.5 Å². The minimum atomic E-state index is -1.19. The number of nitrogens with one attached hydrogen (secondary N) is 3. The zero-order chi connectivity index (χ0) is 32.2. The van der Waals surface area contributed by atoms with Crippen molar-refractivity contribution in [3.8, 4) is 0 Å². The Kier molecular flexibility index (Phi) is 12.6. The summed E-state index contributed by atoms with van der Waals surface area (Å²) in [7, 11) is 1.55. The number of anilines is 1. The van der Waals surface area contributed by atoms with E-state index in [1.807, 2.05) is 0 Å². The molecule has 4 rings (SSSR count). The van der Waals surface area contributed by atoms with E-state index >= 15 is 0 Å². The van der Waals surface area contributed by atoms with Crippen LogP contribution in [-0.2, 0) is 42.9 Å². The Hall–Kier alpha value is -3.69. The standard InChI is InChI=1S/C31H42N4O10/c1-42-27-20-44-23(19-45-27)12-17-43-28(39)21-6-8-22(9-7-21)34-24(36)18-33-30(41)31(13-5-14-31)29(40)32-15-3-2-4-16-35-25(37)10-11-26(35)38/h6-11,23,27-28,39H,2-5,12-20H2,1H3,(H,32,40)(H,33,41)(H,34,36)/t23?,27-,28?/m1/s1. The predicted octanol–water partition coefficient (Wildman–Crippen LogP) is 0.909. The lowest BCUT2D eigenvalue weighted by Gasteiger charge is -2.38. The van der Waals surface area contributed by atoms with Crippen molar-refractivity contribution < 1.29 is 48.0 Å². The minimum absolute atomic E-state index is 0.141. The van der Waals surface area contributed by atoms with Gasteiger partial charge in [0.15, 0.2) is 12.6 Å². The van der Waals surface area contributed by atoms with Gasteiger partial charge in [0, 0.05) is 43.6 Å². The highest BCUT2D eigenvalue weighted by molar-refractivity contribution is 6.12. The number of amides is 5. The molecule has 0 spiro atoms. The van der Waals surface area contributed by atoms with Crippen molar-refractivity contribution in [1.29, 1.82) is 0 Å². The number of nitrogens with zero attached hydrogens (tertiary/aromatic N) is 1. The van der Waals surface area contributed by atoms with Crippen LogP contribution >= 0.6 is 0 Å². The molecule has 1 saturated heterocycles. The largest absolute Gasteiger partial charge is 0.370 e. The average Bonchev–Trinajstić information content (AvgIpc) is 3.34. The van der Waals surface area contributed by atoms with Crippen LogP contribution in [0.15, 0.2) is 36.4 Å². The van der Waals surface area contributed by atoms with Crippen LogP contribution in [0.1, 0.15) is 56.8 Å². The third-order valence-electron chi connectivity index (χ3n) is 8.12. The highest BCUT2D eigenvalue weighted by Gasteiger charge is 2.50. The molecule has 45 heavy (non-hydrogen) atoms. The minimum Gasteiger partial charge on any atom is -0.370 e. The third kappa shape index (κ3) is 9.41. The first-order valence-electron chi connectivity index (χ1n) is 15.3. The van der Waals surface area contributed by atoms with Crippen LogP contribution in [0.2, 0.25) is 0 Å². The maximum absolute atomic E-state index is 12.9. The van der Waals surface area contributed by atoms with Gasteiger partial charge >= 0.3 is 0 Å². The molecule has 3 aliphatic rings. The number of benzene rings is 1. The Labute approximate surface area is 261 Å². The maximum Gasteiger partial charge on any atom is 0.253 e. The first-order valence-corrected chi connectivity index (χ1v) is 15.3. The van der Waals surface area contributed by atoms with Crippen LogP contribution in [0, 0.1) is 5.41 Å². The van der Waals surface area contributed by atoms with Crippen LogP contribution in [-0.4, -0.2) is 98.5 Å². The Morgan fingerprint density at radius 2 is 1.71 bits per heavy atom. The number of aliphatic hydroxyl groups excluding tert-OH is 1. The van der Waals surface area contributed by atoms with E-state index in [2.05, 4.69) is 16.0 Å². The Balaban J connectivity index is 1.11. The van der Waals surface area contributed by atoms with Crippen molar-refractivity contribution in [2.45, 2.75) is 63.6 Å². The summed E-state index contributed by atoms with van der Waals surface area (Å²) in [5.41, 5.74) is -0.217. The zero-order valence-electron chi connectivity index (χ0n) is 25.5. The van der Waals surface area contributed by atoms with Crippen molar-refractivity contribution >= 4 is 35.2 Å². The molecule has 5 amide bonds. The molecule has 14 nitrogen and oxygen atoms in total. The van der Waals surface area contributed by atoms with Crippen LogP contribution in [0.3, 0.4) is 0 Å². The third-order valence-corrected chi connectivity index (χ3v) is 8.12. The quantitative estimate of drug-likeness (QED) is 0.0836. The number of rotatable bonds is 17. The lowest BCUT2D eigenvalue weighted by atomic mass is 9.67. The van der Waals surface area contributed by atoms with Gasteiger partial charge in [-0.2, -0.15) is 0 Å². The molecule has 2 aliphatic heterocycles. The number of ether oxygens (including phenoxy) is 4. The van der Waals surface area contributed by atoms with Gasteiger partial charge in [-0.1, -0.05) is 18.6 Å². The van der Waals surface area contributed by atoms with Crippen molar-refractivity contribution in [1.82, 2.24) is 15.5 Å². The van der Waals surface area contributed by atoms with E-state index in [1.54, 1.807) is 31.4 Å². The number of imide groups is 1. The van der Waals surface area contributed by atoms with Gasteiger partial charge < -0.3 is 40.0 Å². The molecular weight excluding hydrogens is 588 g/mol. The van der Waals surface area contributed by atoms with Gasteiger partial charge in [-0.3, -0.25) is 28.9 Å². The van der Waals surface area contributed by atoms with Gasteiger partial charge in [0.05, 0.1) is 32.5 Å². The summed E-state index contributed by atoms with van der Waals surface area (Å²) in [5, 5.41) is 18.4. The summed E-state index contributed by atoms with van der Waals surface area (Å²) < 4.78 is 21.7. The van der Waals surface area contributed by atoms with Gasteiger partial charge in [0.25, 0.3) is 11.8 Å². The summed E-state index contributed by atoms with van der Waals surface area (Å²) in [6, 6.07) is 6.48. The first kappa shape index (κ1) is 34.2. The fourth-order valence-corrected chi connectivity index (χ4v) is 5.18. The summed E-state index contributed by atoms with van der Waals surface area (Å²) in [6.07, 6.45) is 4.88. The number of aliphatic hydroxyl groups is 1. The van der Waals surface area contributed by atoms with Gasteiger partial charge in [-0.15, -0.1) is 0 Å². The summed E-state index contributed by atoms with van der Waals surface area (Å²) in [5.74, 6) is -1.93. The molecule has 14 heteroatoms. The van der Waals surface area contributed by atoms with Crippen molar-refractivity contribution in [2.75, 3.05) is 51.9 Å². The molecule has 2 heterocycles. The van der Waals surface area contributed by atoms with E-state index in [0.29, 0.717) is 76.1 Å². The molecule has 0 radical (unpaired) electrons. The molecular formula is C31H42N4O10. The maximum atomic E-state index is 12.9. The molecule has 1 saturated carbocycles. The lowest BCUT2D eigenvalue weighted by Crippen LogP contribution is -2.56. The van der Waals surface area contributed by atoms with Crippen molar-refractivity contribution in [3.05, 3.63) is 42.0 Å². The number of hydrogen-bond acceptors (Lipinski definition) is 10. The zero-order valence-corrected chi connectivity index (χ0v) is 25.5. The Morgan fingerprint density at radius 1 is 1.00 bits per heavy atom. The molecule has 1 aliphatic carbocycles. The highest BCUT2D eigenvalue weighted by Crippen LogP contribution is 2.41. The second-order valence-electron chi connectivity index (χ2n) is 11.2. The van der Waals surface area contributed by atoms with E-state index in [0.717, 1.165) is 6.42 Å². The molecule has 246 valence electrons. The molecule has 2 unspecified atom stereocenters. The second-order valence-corrected chi connectivity index (χ2v) is 11.2. The smallest absolute Gasteiger partial charge is 0.253 e. The van der Waals surface area contributed by atoms with Gasteiger partial charge in [0.1, 0.15) is 5.41 Å². The number of carbonyl (C=O) groups is 5.